The Balaban J connectivity index is 2.00. The highest BCUT2D eigenvalue weighted by Gasteiger charge is 2.09. The largest absolute Gasteiger partial charge is 0.455 e. The van der Waals surface area contributed by atoms with Gasteiger partial charge in [0.15, 0.2) is 0 Å². The number of ether oxygens (including phenoxy) is 1. The van der Waals surface area contributed by atoms with E-state index >= 15 is 0 Å². The number of halogens is 1. The van der Waals surface area contributed by atoms with Crippen molar-refractivity contribution in [2.24, 2.45) is 5.73 Å². The average molecular weight is 315 g/mol. The van der Waals surface area contributed by atoms with Crippen LogP contribution in [-0.4, -0.2) is 9.97 Å². The van der Waals surface area contributed by atoms with Crippen LogP contribution in [0.15, 0.2) is 54.7 Å². The van der Waals surface area contributed by atoms with Crippen LogP contribution in [0.3, 0.4) is 0 Å². The van der Waals surface area contributed by atoms with Crippen molar-refractivity contribution in [3.05, 3.63) is 65.3 Å². The molecule has 1 aromatic heterocycles. The SMILES string of the molecule is NC(=S)c1cc(Cl)ccc1Oc1cnc2ccccc2c1. The third kappa shape index (κ3) is 2.96. The Morgan fingerprint density at radius 1 is 1.14 bits per heavy atom. The zero-order valence-electron chi connectivity index (χ0n) is 10.9. The molecule has 0 atom stereocenters. The van der Waals surface area contributed by atoms with Gasteiger partial charge < -0.3 is 10.5 Å². The summed E-state index contributed by atoms with van der Waals surface area (Å²) in [7, 11) is 0. The van der Waals surface area contributed by atoms with Crippen molar-refractivity contribution in [2.75, 3.05) is 0 Å². The number of fused-ring (bicyclic) bond motifs is 1. The summed E-state index contributed by atoms with van der Waals surface area (Å²) in [6.07, 6.45) is 1.67. The number of benzene rings is 2. The van der Waals surface area contributed by atoms with Gasteiger partial charge in [0.1, 0.15) is 16.5 Å². The van der Waals surface area contributed by atoms with E-state index in [2.05, 4.69) is 4.98 Å². The zero-order chi connectivity index (χ0) is 14.8. The minimum Gasteiger partial charge on any atom is -0.455 e. The monoisotopic (exact) mass is 314 g/mol. The first-order valence-corrected chi connectivity index (χ1v) is 7.04. The molecule has 3 rings (SSSR count). The lowest BCUT2D eigenvalue weighted by molar-refractivity contribution is 0.480. The molecule has 2 N–H and O–H groups in total. The van der Waals surface area contributed by atoms with Crippen molar-refractivity contribution in [1.29, 1.82) is 0 Å². The molecule has 3 aromatic rings. The molecule has 0 bridgehead atoms. The van der Waals surface area contributed by atoms with Gasteiger partial charge in [-0.25, -0.2) is 0 Å². The van der Waals surface area contributed by atoms with E-state index < -0.39 is 0 Å². The van der Waals surface area contributed by atoms with Crippen molar-refractivity contribution in [3.63, 3.8) is 0 Å². The van der Waals surface area contributed by atoms with Gasteiger partial charge in [0.2, 0.25) is 0 Å². The third-order valence-corrected chi connectivity index (χ3v) is 3.46. The number of rotatable bonds is 3. The summed E-state index contributed by atoms with van der Waals surface area (Å²) in [6.45, 7) is 0. The maximum absolute atomic E-state index is 5.96. The topological polar surface area (TPSA) is 48.1 Å². The van der Waals surface area contributed by atoms with Gasteiger partial charge in [0.05, 0.1) is 17.3 Å². The smallest absolute Gasteiger partial charge is 0.146 e. The summed E-state index contributed by atoms with van der Waals surface area (Å²) < 4.78 is 5.85. The fraction of sp³-hybridized carbons (Fsp3) is 0. The molecule has 104 valence electrons. The maximum Gasteiger partial charge on any atom is 0.146 e. The molecule has 0 amide bonds. The summed E-state index contributed by atoms with van der Waals surface area (Å²) in [5.74, 6) is 1.18. The summed E-state index contributed by atoms with van der Waals surface area (Å²) in [4.78, 5) is 4.59. The van der Waals surface area contributed by atoms with Crippen LogP contribution in [-0.2, 0) is 0 Å². The molecule has 3 nitrogen and oxygen atoms in total. The van der Waals surface area contributed by atoms with Crippen LogP contribution in [0.1, 0.15) is 5.56 Å². The molecule has 0 fully saturated rings. The summed E-state index contributed by atoms with van der Waals surface area (Å²) in [6, 6.07) is 14.9. The first-order valence-electron chi connectivity index (χ1n) is 6.25. The Bertz CT molecular complexity index is 835. The van der Waals surface area contributed by atoms with E-state index in [1.807, 2.05) is 30.3 Å². The van der Waals surface area contributed by atoms with Gasteiger partial charge in [-0.1, -0.05) is 42.0 Å². The van der Waals surface area contributed by atoms with Gasteiger partial charge in [-0.2, -0.15) is 0 Å². The number of pyridine rings is 1. The molecule has 0 aliphatic rings. The summed E-state index contributed by atoms with van der Waals surface area (Å²) in [5, 5.41) is 1.56. The van der Waals surface area contributed by atoms with Crippen LogP contribution >= 0.6 is 23.8 Å². The van der Waals surface area contributed by atoms with Gasteiger partial charge in [-0.3, -0.25) is 4.98 Å². The highest BCUT2D eigenvalue weighted by atomic mass is 35.5. The Kier molecular flexibility index (Phi) is 3.73. The maximum atomic E-state index is 5.96. The first-order chi connectivity index (χ1) is 10.1. The molecule has 0 unspecified atom stereocenters. The van der Waals surface area contributed by atoms with Crippen LogP contribution in [0, 0.1) is 0 Å². The summed E-state index contributed by atoms with van der Waals surface area (Å²) in [5.41, 5.74) is 7.22. The van der Waals surface area contributed by atoms with Crippen molar-refractivity contribution in [1.82, 2.24) is 4.98 Å². The number of thiocarbonyl (C=S) groups is 1. The van der Waals surface area contributed by atoms with Crippen LogP contribution in [0.25, 0.3) is 10.9 Å². The van der Waals surface area contributed by atoms with Gasteiger partial charge in [-0.15, -0.1) is 0 Å². The van der Waals surface area contributed by atoms with Gasteiger partial charge in [0.25, 0.3) is 0 Å². The van der Waals surface area contributed by atoms with E-state index in [1.54, 1.807) is 24.4 Å². The molecule has 1 heterocycles. The second-order valence-electron chi connectivity index (χ2n) is 4.47. The average Bonchev–Trinajstić information content (AvgIpc) is 2.49. The van der Waals surface area contributed by atoms with E-state index in [0.29, 0.717) is 22.1 Å². The predicted molar refractivity (Wildman–Crippen MR) is 89.2 cm³/mol. The van der Waals surface area contributed by atoms with Crippen molar-refractivity contribution in [3.8, 4) is 11.5 Å². The van der Waals surface area contributed by atoms with Gasteiger partial charge >= 0.3 is 0 Å². The number of hydrogen-bond donors (Lipinski definition) is 1. The Morgan fingerprint density at radius 2 is 1.95 bits per heavy atom. The Morgan fingerprint density at radius 3 is 2.76 bits per heavy atom. The van der Waals surface area contributed by atoms with Crippen molar-refractivity contribution < 1.29 is 4.74 Å². The normalized spacial score (nSPS) is 10.5. The number of nitrogens with two attached hydrogens (primary N) is 1. The number of hydrogen-bond acceptors (Lipinski definition) is 3. The zero-order valence-corrected chi connectivity index (χ0v) is 12.5. The lowest BCUT2D eigenvalue weighted by Gasteiger charge is -2.11. The van der Waals surface area contributed by atoms with E-state index in [-0.39, 0.29) is 4.99 Å². The number of aromatic nitrogens is 1. The molecule has 0 saturated heterocycles. The minimum atomic E-state index is 0.237. The standard InChI is InChI=1S/C16H11ClN2OS/c17-11-5-6-15(13(8-11)16(18)21)20-12-7-10-3-1-2-4-14(10)19-9-12/h1-9H,(H2,18,21). The van der Waals surface area contributed by atoms with Crippen LogP contribution < -0.4 is 10.5 Å². The van der Waals surface area contributed by atoms with Crippen molar-refractivity contribution >= 4 is 39.7 Å². The molecule has 0 aliphatic carbocycles. The van der Waals surface area contributed by atoms with E-state index in [0.717, 1.165) is 10.9 Å². The molecule has 0 radical (unpaired) electrons. The second kappa shape index (κ2) is 5.68. The van der Waals surface area contributed by atoms with Crippen molar-refractivity contribution in [2.45, 2.75) is 0 Å². The van der Waals surface area contributed by atoms with Gasteiger partial charge in [0, 0.05) is 10.4 Å². The quantitative estimate of drug-likeness (QED) is 0.732. The Labute approximate surface area is 132 Å². The highest BCUT2D eigenvalue weighted by molar-refractivity contribution is 7.80. The predicted octanol–water partition coefficient (Wildman–Crippen LogP) is 4.31. The lowest BCUT2D eigenvalue weighted by Crippen LogP contribution is -2.10. The Hall–Kier alpha value is -2.17. The third-order valence-electron chi connectivity index (χ3n) is 3.00. The van der Waals surface area contributed by atoms with E-state index in [1.165, 1.54) is 0 Å². The fourth-order valence-electron chi connectivity index (χ4n) is 2.02. The highest BCUT2D eigenvalue weighted by Crippen LogP contribution is 2.29. The summed E-state index contributed by atoms with van der Waals surface area (Å²) >= 11 is 11.0. The molecular formula is C16H11ClN2OS. The molecule has 0 saturated carbocycles. The molecule has 0 aliphatic heterocycles. The van der Waals surface area contributed by atoms with Crippen LogP contribution in [0.5, 0.6) is 11.5 Å². The lowest BCUT2D eigenvalue weighted by atomic mass is 10.2. The van der Waals surface area contributed by atoms with Gasteiger partial charge in [-0.05, 0) is 30.3 Å². The number of para-hydroxylation sites is 1. The molecule has 2 aromatic carbocycles. The first kappa shape index (κ1) is 13.8. The molecule has 5 heteroatoms. The number of nitrogens with zero attached hydrogens (tertiary/aromatic N) is 1. The van der Waals surface area contributed by atoms with E-state index in [4.69, 9.17) is 34.3 Å². The molecule has 21 heavy (non-hydrogen) atoms. The second-order valence-corrected chi connectivity index (χ2v) is 5.35. The van der Waals surface area contributed by atoms with Crippen LogP contribution in [0.2, 0.25) is 5.02 Å². The van der Waals surface area contributed by atoms with E-state index in [9.17, 15) is 0 Å². The molecule has 0 spiro atoms. The molecular weight excluding hydrogens is 304 g/mol. The fourth-order valence-corrected chi connectivity index (χ4v) is 2.35. The minimum absolute atomic E-state index is 0.237. The van der Waals surface area contributed by atoms with Crippen LogP contribution in [0.4, 0.5) is 0 Å².